The van der Waals surface area contributed by atoms with Gasteiger partial charge in [0, 0.05) is 12.2 Å². The highest BCUT2D eigenvalue weighted by molar-refractivity contribution is 7.98. The molecule has 2 aromatic carbocycles. The number of aryl methyl sites for hydroxylation is 1. The van der Waals surface area contributed by atoms with Crippen molar-refractivity contribution in [1.82, 2.24) is 24.5 Å². The van der Waals surface area contributed by atoms with Gasteiger partial charge in [-0.1, -0.05) is 55.4 Å². The SMILES string of the molecule is CCCCn1c(SCc2nc(N)nc(Nc3ccccc3C)n2)nc2ccccc2c1=O. The number of para-hydroxylation sites is 2. The summed E-state index contributed by atoms with van der Waals surface area (Å²) in [5, 5.41) is 4.48. The molecule has 0 bridgehead atoms. The summed E-state index contributed by atoms with van der Waals surface area (Å²) in [5.74, 6) is 1.45. The first-order chi connectivity index (χ1) is 15.5. The van der Waals surface area contributed by atoms with Crippen molar-refractivity contribution < 1.29 is 0 Å². The molecule has 0 aliphatic heterocycles. The molecule has 2 heterocycles. The Kier molecular flexibility index (Phi) is 6.65. The fourth-order valence-electron chi connectivity index (χ4n) is 3.29. The highest BCUT2D eigenvalue weighted by atomic mass is 32.2. The highest BCUT2D eigenvalue weighted by Crippen LogP contribution is 2.23. The van der Waals surface area contributed by atoms with E-state index in [1.54, 1.807) is 4.57 Å². The van der Waals surface area contributed by atoms with E-state index in [9.17, 15) is 4.79 Å². The molecule has 0 saturated heterocycles. The van der Waals surface area contributed by atoms with Crippen LogP contribution in [0, 0.1) is 6.92 Å². The molecule has 0 aliphatic rings. The Bertz CT molecular complexity index is 1310. The average molecular weight is 448 g/mol. The summed E-state index contributed by atoms with van der Waals surface area (Å²) in [4.78, 5) is 30.8. The fraction of sp³-hybridized carbons (Fsp3) is 0.261. The van der Waals surface area contributed by atoms with E-state index >= 15 is 0 Å². The van der Waals surface area contributed by atoms with Gasteiger partial charge in [-0.3, -0.25) is 9.36 Å². The molecule has 4 aromatic rings. The maximum Gasteiger partial charge on any atom is 0.262 e. The molecular weight excluding hydrogens is 422 g/mol. The highest BCUT2D eigenvalue weighted by Gasteiger charge is 2.13. The maximum absolute atomic E-state index is 13.0. The quantitative estimate of drug-likeness (QED) is 0.304. The lowest BCUT2D eigenvalue weighted by molar-refractivity contribution is 0.557. The van der Waals surface area contributed by atoms with Crippen LogP contribution < -0.4 is 16.6 Å². The van der Waals surface area contributed by atoms with Crippen molar-refractivity contribution >= 4 is 40.2 Å². The lowest BCUT2D eigenvalue weighted by Gasteiger charge is -2.13. The third-order valence-corrected chi connectivity index (χ3v) is 5.96. The summed E-state index contributed by atoms with van der Waals surface area (Å²) >= 11 is 1.42. The van der Waals surface area contributed by atoms with E-state index in [0.29, 0.717) is 40.1 Å². The molecule has 2 aromatic heterocycles. The number of benzene rings is 2. The van der Waals surface area contributed by atoms with Crippen molar-refractivity contribution in [3.63, 3.8) is 0 Å². The molecule has 0 radical (unpaired) electrons. The Hall–Kier alpha value is -3.46. The van der Waals surface area contributed by atoms with Crippen LogP contribution in [-0.4, -0.2) is 24.5 Å². The number of rotatable bonds is 8. The topological polar surface area (TPSA) is 112 Å². The monoisotopic (exact) mass is 447 g/mol. The lowest BCUT2D eigenvalue weighted by atomic mass is 10.2. The van der Waals surface area contributed by atoms with E-state index in [4.69, 9.17) is 10.7 Å². The van der Waals surface area contributed by atoms with Crippen molar-refractivity contribution in [1.29, 1.82) is 0 Å². The normalized spacial score (nSPS) is 11.1. The van der Waals surface area contributed by atoms with Crippen molar-refractivity contribution in [3.05, 3.63) is 70.3 Å². The van der Waals surface area contributed by atoms with Crippen molar-refractivity contribution in [2.24, 2.45) is 0 Å². The minimum Gasteiger partial charge on any atom is -0.368 e. The first-order valence-electron chi connectivity index (χ1n) is 10.5. The van der Waals surface area contributed by atoms with Crippen LogP contribution in [0.2, 0.25) is 0 Å². The van der Waals surface area contributed by atoms with Crippen LogP contribution in [0.15, 0.2) is 58.5 Å². The molecule has 164 valence electrons. The van der Waals surface area contributed by atoms with Crippen LogP contribution in [0.4, 0.5) is 17.6 Å². The molecule has 3 N–H and O–H groups in total. The van der Waals surface area contributed by atoms with Crippen molar-refractivity contribution in [2.45, 2.75) is 44.1 Å². The number of nitrogen functional groups attached to an aromatic ring is 1. The third kappa shape index (κ3) is 4.88. The van der Waals surface area contributed by atoms with Gasteiger partial charge >= 0.3 is 0 Å². The molecule has 0 fully saturated rings. The number of thioether (sulfide) groups is 1. The largest absolute Gasteiger partial charge is 0.368 e. The van der Waals surface area contributed by atoms with Crippen molar-refractivity contribution in [3.8, 4) is 0 Å². The molecule has 0 amide bonds. The van der Waals surface area contributed by atoms with Gasteiger partial charge in [0.15, 0.2) is 5.16 Å². The number of anilines is 3. The summed E-state index contributed by atoms with van der Waals surface area (Å²) in [5.41, 5.74) is 8.57. The molecule has 0 saturated carbocycles. The van der Waals surface area contributed by atoms with E-state index in [1.165, 1.54) is 11.8 Å². The van der Waals surface area contributed by atoms with Crippen molar-refractivity contribution in [2.75, 3.05) is 11.1 Å². The van der Waals surface area contributed by atoms with Crippen LogP contribution in [0.1, 0.15) is 31.2 Å². The predicted molar refractivity (Wildman–Crippen MR) is 129 cm³/mol. The van der Waals surface area contributed by atoms with Gasteiger partial charge in [0.25, 0.3) is 5.56 Å². The number of nitrogens with zero attached hydrogens (tertiary/aromatic N) is 5. The molecular formula is C23H25N7OS. The number of hydrogen-bond donors (Lipinski definition) is 2. The number of nitrogens with one attached hydrogen (secondary N) is 1. The zero-order valence-corrected chi connectivity index (χ0v) is 18.9. The van der Waals surface area contributed by atoms with Gasteiger partial charge in [-0.25, -0.2) is 4.98 Å². The third-order valence-electron chi connectivity index (χ3n) is 4.98. The molecule has 0 atom stereocenters. The summed E-state index contributed by atoms with van der Waals surface area (Å²) in [6.07, 6.45) is 1.89. The molecule has 0 aliphatic carbocycles. The lowest BCUT2D eigenvalue weighted by Crippen LogP contribution is -2.23. The predicted octanol–water partition coefficient (Wildman–Crippen LogP) is 4.31. The Morgan fingerprint density at radius 3 is 2.62 bits per heavy atom. The second-order valence-electron chi connectivity index (χ2n) is 7.38. The number of unbranched alkanes of at least 4 members (excludes halogenated alkanes) is 1. The number of nitrogens with two attached hydrogens (primary N) is 1. The number of aromatic nitrogens is 5. The first kappa shape index (κ1) is 21.8. The average Bonchev–Trinajstić information content (AvgIpc) is 2.78. The van der Waals surface area contributed by atoms with Crippen LogP contribution in [0.5, 0.6) is 0 Å². The summed E-state index contributed by atoms with van der Waals surface area (Å²) in [6, 6.07) is 15.3. The zero-order valence-electron chi connectivity index (χ0n) is 18.1. The fourth-order valence-corrected chi connectivity index (χ4v) is 4.17. The molecule has 0 spiro atoms. The van der Waals surface area contributed by atoms with E-state index in [1.807, 2.05) is 55.5 Å². The van der Waals surface area contributed by atoms with E-state index in [2.05, 4.69) is 27.2 Å². The minimum atomic E-state index is -0.0244. The Morgan fingerprint density at radius 2 is 1.81 bits per heavy atom. The van der Waals surface area contributed by atoms with Gasteiger partial charge < -0.3 is 11.1 Å². The minimum absolute atomic E-state index is 0.0244. The summed E-state index contributed by atoms with van der Waals surface area (Å²) in [6.45, 7) is 4.72. The summed E-state index contributed by atoms with van der Waals surface area (Å²) in [7, 11) is 0. The van der Waals surface area contributed by atoms with Gasteiger partial charge in [0.2, 0.25) is 11.9 Å². The zero-order chi connectivity index (χ0) is 22.5. The molecule has 9 heteroatoms. The van der Waals surface area contributed by atoms with Crippen LogP contribution in [-0.2, 0) is 12.3 Å². The van der Waals surface area contributed by atoms with Gasteiger partial charge in [0.1, 0.15) is 5.82 Å². The van der Waals surface area contributed by atoms with Crippen LogP contribution in [0.25, 0.3) is 10.9 Å². The molecule has 32 heavy (non-hydrogen) atoms. The summed E-state index contributed by atoms with van der Waals surface area (Å²) < 4.78 is 1.74. The molecule has 8 nitrogen and oxygen atoms in total. The number of hydrogen-bond acceptors (Lipinski definition) is 8. The smallest absolute Gasteiger partial charge is 0.262 e. The number of fused-ring (bicyclic) bond motifs is 1. The Balaban J connectivity index is 1.61. The van der Waals surface area contributed by atoms with Gasteiger partial charge in [-0.2, -0.15) is 15.0 Å². The molecule has 0 unspecified atom stereocenters. The first-order valence-corrected chi connectivity index (χ1v) is 11.5. The Labute approximate surface area is 190 Å². The van der Waals surface area contributed by atoms with Gasteiger partial charge in [-0.15, -0.1) is 0 Å². The molecule has 4 rings (SSSR count). The van der Waals surface area contributed by atoms with Gasteiger partial charge in [-0.05, 0) is 37.1 Å². The van der Waals surface area contributed by atoms with E-state index < -0.39 is 0 Å². The second kappa shape index (κ2) is 9.78. The maximum atomic E-state index is 13.0. The standard InChI is InChI=1S/C23H25N7OS/c1-3-4-13-30-20(31)16-10-6-8-12-18(16)26-23(30)32-14-19-27-21(24)29-22(28-19)25-17-11-7-5-9-15(17)2/h5-12H,3-4,13-14H2,1-2H3,(H3,24,25,27,28,29). The Morgan fingerprint density at radius 1 is 1.03 bits per heavy atom. The van der Waals surface area contributed by atoms with E-state index in [0.717, 1.165) is 24.1 Å². The van der Waals surface area contributed by atoms with Crippen LogP contribution >= 0.6 is 11.8 Å². The second-order valence-corrected chi connectivity index (χ2v) is 8.33. The van der Waals surface area contributed by atoms with Crippen LogP contribution in [0.3, 0.4) is 0 Å². The van der Waals surface area contributed by atoms with E-state index in [-0.39, 0.29) is 11.5 Å². The van der Waals surface area contributed by atoms with Gasteiger partial charge in [0.05, 0.1) is 16.7 Å².